The maximum absolute atomic E-state index is 11.7. The lowest BCUT2D eigenvalue weighted by Gasteiger charge is -1.91. The maximum atomic E-state index is 11.7. The maximum Gasteiger partial charge on any atom is 0.111 e. The summed E-state index contributed by atoms with van der Waals surface area (Å²) < 4.78 is 11.7. The summed E-state index contributed by atoms with van der Waals surface area (Å²) in [4.78, 5) is 0. The minimum Gasteiger partial charge on any atom is -0.317 e. The Morgan fingerprint density at radius 3 is 2.27 bits per heavy atom. The summed E-state index contributed by atoms with van der Waals surface area (Å²) in [6, 6.07) is 0. The smallest absolute Gasteiger partial charge is 0.111 e. The largest absolute Gasteiger partial charge is 0.317 e. The van der Waals surface area contributed by atoms with Crippen molar-refractivity contribution in [3.63, 3.8) is 0 Å². The van der Waals surface area contributed by atoms with Gasteiger partial charge in [-0.1, -0.05) is 39.0 Å². The van der Waals surface area contributed by atoms with Crippen molar-refractivity contribution < 1.29 is 4.39 Å². The van der Waals surface area contributed by atoms with Gasteiger partial charge in [-0.2, -0.15) is 0 Å². The number of allylic oxidation sites excluding steroid dienone is 4. The molecule has 0 aromatic heterocycles. The number of nitrogens with one attached hydrogen (secondary N) is 1. The molecule has 0 spiro atoms. The minimum absolute atomic E-state index is 0.339. The molecule has 0 rings (SSSR count). The molecule has 0 atom stereocenters. The second kappa shape index (κ2) is 15.8. The lowest BCUT2D eigenvalue weighted by molar-refractivity contribution is 0.543. The molecular weight excluding hydrogens is 189 g/mol. The summed E-state index contributed by atoms with van der Waals surface area (Å²) in [5.74, 6) is 0. The minimum atomic E-state index is -0.339. The quantitative estimate of drug-likeness (QED) is 0.524. The normalized spacial score (nSPS) is 11.4. The van der Waals surface area contributed by atoms with Crippen LogP contribution in [0.25, 0.3) is 0 Å². The first kappa shape index (κ1) is 16.8. The van der Waals surface area contributed by atoms with E-state index in [0.717, 1.165) is 25.1 Å². The molecule has 0 unspecified atom stereocenters. The third kappa shape index (κ3) is 19.7. The Kier molecular flexibility index (Phi) is 17.7. The zero-order valence-electron chi connectivity index (χ0n) is 10.6. The average Bonchev–Trinajstić information content (AvgIpc) is 2.27. The van der Waals surface area contributed by atoms with Crippen LogP contribution in [0, 0.1) is 0 Å². The molecule has 0 aliphatic rings. The molecule has 0 radical (unpaired) electrons. The first-order valence-electron chi connectivity index (χ1n) is 5.81. The van der Waals surface area contributed by atoms with Gasteiger partial charge < -0.3 is 5.32 Å². The molecule has 0 amide bonds. The molecule has 0 aromatic rings. The Morgan fingerprint density at radius 1 is 1.27 bits per heavy atom. The highest BCUT2D eigenvalue weighted by Gasteiger charge is 1.79. The van der Waals surface area contributed by atoms with Gasteiger partial charge in [0, 0.05) is 0 Å². The standard InChI is InChI=1S/C8H13F.C5H13N/c1-3-4-5-6-8(2)7-9;1-3-5-6-4-2/h4-6H,3,7H2,1-2H3;6H,3-5H2,1-2H3/b5-4-,8-6-;. The molecule has 0 saturated heterocycles. The SMILES string of the molecule is CC/C=C\C=C(\C)CF.CCCNCC. The van der Waals surface area contributed by atoms with Gasteiger partial charge in [0.05, 0.1) is 0 Å². The van der Waals surface area contributed by atoms with Crippen molar-refractivity contribution in [1.82, 2.24) is 5.32 Å². The van der Waals surface area contributed by atoms with Crippen LogP contribution in [0.3, 0.4) is 0 Å². The fourth-order valence-corrected chi connectivity index (χ4v) is 0.766. The molecule has 15 heavy (non-hydrogen) atoms. The molecule has 1 N–H and O–H groups in total. The van der Waals surface area contributed by atoms with Gasteiger partial charge in [0.1, 0.15) is 6.67 Å². The highest BCUT2D eigenvalue weighted by atomic mass is 19.1. The van der Waals surface area contributed by atoms with Crippen LogP contribution in [0.5, 0.6) is 0 Å². The van der Waals surface area contributed by atoms with Crippen LogP contribution in [0.15, 0.2) is 23.8 Å². The van der Waals surface area contributed by atoms with E-state index in [2.05, 4.69) is 26.1 Å². The van der Waals surface area contributed by atoms with E-state index in [9.17, 15) is 4.39 Å². The van der Waals surface area contributed by atoms with E-state index in [-0.39, 0.29) is 6.67 Å². The van der Waals surface area contributed by atoms with Crippen molar-refractivity contribution in [3.8, 4) is 0 Å². The lowest BCUT2D eigenvalue weighted by atomic mass is 10.3. The van der Waals surface area contributed by atoms with Crippen LogP contribution < -0.4 is 5.32 Å². The summed E-state index contributed by atoms with van der Waals surface area (Å²) in [7, 11) is 0. The van der Waals surface area contributed by atoms with Crippen molar-refractivity contribution in [1.29, 1.82) is 0 Å². The molecule has 0 aromatic carbocycles. The van der Waals surface area contributed by atoms with Crippen LogP contribution in [0.1, 0.15) is 40.5 Å². The summed E-state index contributed by atoms with van der Waals surface area (Å²) in [6.07, 6.45) is 7.93. The zero-order chi connectivity index (χ0) is 11.9. The molecule has 0 bridgehead atoms. The predicted octanol–water partition coefficient (Wildman–Crippen LogP) is 3.87. The van der Waals surface area contributed by atoms with E-state index < -0.39 is 0 Å². The van der Waals surface area contributed by atoms with Crippen molar-refractivity contribution >= 4 is 0 Å². The van der Waals surface area contributed by atoms with Crippen LogP contribution in [0.2, 0.25) is 0 Å². The van der Waals surface area contributed by atoms with Crippen molar-refractivity contribution in [2.75, 3.05) is 19.8 Å². The Hall–Kier alpha value is -0.630. The van der Waals surface area contributed by atoms with Gasteiger partial charge in [0.15, 0.2) is 0 Å². The highest BCUT2D eigenvalue weighted by molar-refractivity contribution is 5.10. The molecule has 1 nitrogen and oxygen atoms in total. The van der Waals surface area contributed by atoms with E-state index >= 15 is 0 Å². The molecule has 0 heterocycles. The third-order valence-electron chi connectivity index (χ3n) is 1.64. The predicted molar refractivity (Wildman–Crippen MR) is 68.0 cm³/mol. The topological polar surface area (TPSA) is 12.0 Å². The Labute approximate surface area is 94.5 Å². The van der Waals surface area contributed by atoms with E-state index in [4.69, 9.17) is 0 Å². The van der Waals surface area contributed by atoms with Gasteiger partial charge in [0.2, 0.25) is 0 Å². The monoisotopic (exact) mass is 215 g/mol. The highest BCUT2D eigenvalue weighted by Crippen LogP contribution is 1.93. The molecular formula is C13H26FN. The average molecular weight is 215 g/mol. The van der Waals surface area contributed by atoms with Gasteiger partial charge >= 0.3 is 0 Å². The molecule has 0 saturated carbocycles. The van der Waals surface area contributed by atoms with Gasteiger partial charge in [-0.05, 0) is 38.4 Å². The Balaban J connectivity index is 0. The van der Waals surface area contributed by atoms with Gasteiger partial charge in [-0.3, -0.25) is 0 Å². The molecule has 0 aliphatic heterocycles. The number of halogens is 1. The van der Waals surface area contributed by atoms with Gasteiger partial charge in [-0.15, -0.1) is 0 Å². The molecule has 0 fully saturated rings. The van der Waals surface area contributed by atoms with Crippen LogP contribution >= 0.6 is 0 Å². The van der Waals surface area contributed by atoms with Crippen LogP contribution in [-0.2, 0) is 0 Å². The fourth-order valence-electron chi connectivity index (χ4n) is 0.766. The lowest BCUT2D eigenvalue weighted by Crippen LogP contribution is -2.12. The zero-order valence-corrected chi connectivity index (χ0v) is 10.6. The van der Waals surface area contributed by atoms with E-state index in [1.165, 1.54) is 6.42 Å². The first-order chi connectivity index (χ1) is 7.22. The Morgan fingerprint density at radius 2 is 1.93 bits per heavy atom. The van der Waals surface area contributed by atoms with Crippen LogP contribution in [-0.4, -0.2) is 19.8 Å². The number of hydrogen-bond donors (Lipinski definition) is 1. The van der Waals surface area contributed by atoms with Crippen molar-refractivity contribution in [3.05, 3.63) is 23.8 Å². The third-order valence-corrected chi connectivity index (χ3v) is 1.64. The van der Waals surface area contributed by atoms with E-state index in [0.29, 0.717) is 0 Å². The summed E-state index contributed by atoms with van der Waals surface area (Å²) >= 11 is 0. The van der Waals surface area contributed by atoms with Gasteiger partial charge in [0.25, 0.3) is 0 Å². The molecule has 90 valence electrons. The summed E-state index contributed by atoms with van der Waals surface area (Å²) in [5, 5.41) is 3.20. The van der Waals surface area contributed by atoms with Crippen molar-refractivity contribution in [2.24, 2.45) is 0 Å². The van der Waals surface area contributed by atoms with Crippen LogP contribution in [0.4, 0.5) is 4.39 Å². The van der Waals surface area contributed by atoms with E-state index in [1.54, 1.807) is 13.0 Å². The summed E-state index contributed by atoms with van der Waals surface area (Å²) in [6.45, 7) is 10.0. The van der Waals surface area contributed by atoms with E-state index in [1.807, 2.05) is 12.2 Å². The number of alkyl halides is 1. The second-order valence-corrected chi connectivity index (χ2v) is 3.34. The van der Waals surface area contributed by atoms with Gasteiger partial charge in [-0.25, -0.2) is 4.39 Å². The second-order valence-electron chi connectivity index (χ2n) is 3.34. The Bertz CT molecular complexity index is 158. The summed E-state index contributed by atoms with van der Waals surface area (Å²) in [5.41, 5.74) is 0.778. The fraction of sp³-hybridized carbons (Fsp3) is 0.692. The number of hydrogen-bond acceptors (Lipinski definition) is 1. The molecule has 2 heteroatoms. The first-order valence-corrected chi connectivity index (χ1v) is 5.81. The number of rotatable bonds is 6. The van der Waals surface area contributed by atoms with Crippen molar-refractivity contribution in [2.45, 2.75) is 40.5 Å². The molecule has 0 aliphatic carbocycles.